The molecule has 5 nitrogen and oxygen atoms in total. The van der Waals surface area contributed by atoms with Crippen LogP contribution < -0.4 is 11.3 Å². The summed E-state index contributed by atoms with van der Waals surface area (Å²) in [6.45, 7) is 2.68. The van der Waals surface area contributed by atoms with Gasteiger partial charge in [0.05, 0.1) is 24.0 Å². The molecule has 1 aliphatic rings. The van der Waals surface area contributed by atoms with Crippen LogP contribution in [0.1, 0.15) is 37.1 Å². The van der Waals surface area contributed by atoms with Gasteiger partial charge in [-0.05, 0) is 6.42 Å². The molecular weight excluding hydrogens is 194 g/mol. The Labute approximate surface area is 87.7 Å². The van der Waals surface area contributed by atoms with Crippen molar-refractivity contribution < 1.29 is 4.74 Å². The number of nitrogens with one attached hydrogen (secondary N) is 1. The molecule has 1 atom stereocenters. The van der Waals surface area contributed by atoms with Crippen molar-refractivity contribution in [2.75, 3.05) is 12.3 Å². The Balaban J connectivity index is 2.46. The molecule has 1 unspecified atom stereocenters. The number of nitrogens with two attached hydrogens (primary N) is 1. The number of hydrogen-bond acceptors (Lipinski definition) is 4. The fraction of sp³-hybridized carbons (Fsp3) is 0.600. The lowest BCUT2D eigenvalue weighted by atomic mass is 10.0. The second-order valence-corrected chi connectivity index (χ2v) is 3.71. The largest absolute Gasteiger partial charge is 0.373 e. The molecule has 5 heteroatoms. The van der Waals surface area contributed by atoms with E-state index < -0.39 is 0 Å². The molecule has 0 spiro atoms. The molecule has 2 rings (SSSR count). The first-order valence-electron chi connectivity index (χ1n) is 5.22. The molecule has 15 heavy (non-hydrogen) atoms. The molecule has 1 aliphatic heterocycles. The van der Waals surface area contributed by atoms with Gasteiger partial charge >= 0.3 is 0 Å². The van der Waals surface area contributed by atoms with Crippen molar-refractivity contribution in [3.8, 4) is 0 Å². The van der Waals surface area contributed by atoms with Gasteiger partial charge in [0.25, 0.3) is 5.56 Å². The molecule has 0 bridgehead atoms. The number of aromatic nitrogens is 2. The minimum Gasteiger partial charge on any atom is -0.373 e. The lowest BCUT2D eigenvalue weighted by molar-refractivity contribution is 0.0337. The Morgan fingerprint density at radius 1 is 1.67 bits per heavy atom. The van der Waals surface area contributed by atoms with E-state index in [1.807, 2.05) is 0 Å². The van der Waals surface area contributed by atoms with Gasteiger partial charge in [-0.2, -0.15) is 0 Å². The average Bonchev–Trinajstić information content (AvgIpc) is 2.17. The van der Waals surface area contributed by atoms with Crippen molar-refractivity contribution in [1.82, 2.24) is 9.97 Å². The number of ether oxygens (including phenoxy) is 1. The van der Waals surface area contributed by atoms with Crippen LogP contribution in [-0.2, 0) is 11.2 Å². The summed E-state index contributed by atoms with van der Waals surface area (Å²) >= 11 is 0. The standard InChI is InChI=1S/C10H15N3O2/c1-2-3-7-8-6(4-5-15-7)12-10(11)13-9(8)14/h7H,2-5H2,1H3,(H3,11,12,13,14). The highest BCUT2D eigenvalue weighted by Gasteiger charge is 2.24. The molecular formula is C10H15N3O2. The fourth-order valence-corrected chi connectivity index (χ4v) is 1.94. The highest BCUT2D eigenvalue weighted by atomic mass is 16.5. The van der Waals surface area contributed by atoms with Crippen LogP contribution >= 0.6 is 0 Å². The third-order valence-electron chi connectivity index (χ3n) is 2.58. The van der Waals surface area contributed by atoms with E-state index >= 15 is 0 Å². The Bertz CT molecular complexity index is 414. The van der Waals surface area contributed by atoms with Crippen molar-refractivity contribution in [1.29, 1.82) is 0 Å². The van der Waals surface area contributed by atoms with E-state index in [4.69, 9.17) is 10.5 Å². The molecule has 1 aromatic rings. The van der Waals surface area contributed by atoms with E-state index in [1.165, 1.54) is 0 Å². The second kappa shape index (κ2) is 4.02. The smallest absolute Gasteiger partial charge is 0.258 e. The van der Waals surface area contributed by atoms with Crippen molar-refractivity contribution in [3.63, 3.8) is 0 Å². The molecule has 0 saturated heterocycles. The quantitative estimate of drug-likeness (QED) is 0.753. The maximum absolute atomic E-state index is 11.7. The van der Waals surface area contributed by atoms with Crippen LogP contribution in [-0.4, -0.2) is 16.6 Å². The molecule has 0 radical (unpaired) electrons. The maximum atomic E-state index is 11.7. The van der Waals surface area contributed by atoms with Gasteiger partial charge in [-0.25, -0.2) is 4.98 Å². The average molecular weight is 209 g/mol. The van der Waals surface area contributed by atoms with Gasteiger partial charge in [0.1, 0.15) is 0 Å². The Morgan fingerprint density at radius 3 is 3.20 bits per heavy atom. The molecule has 2 heterocycles. The predicted octanol–water partition coefficient (Wildman–Crippen LogP) is 0.766. The van der Waals surface area contributed by atoms with Crippen LogP contribution in [0.4, 0.5) is 5.95 Å². The fourth-order valence-electron chi connectivity index (χ4n) is 1.94. The molecule has 1 aromatic heterocycles. The molecule has 0 aromatic carbocycles. The number of aromatic amines is 1. The summed E-state index contributed by atoms with van der Waals surface area (Å²) < 4.78 is 5.56. The zero-order valence-corrected chi connectivity index (χ0v) is 8.75. The van der Waals surface area contributed by atoms with Crippen LogP contribution in [0.3, 0.4) is 0 Å². The first kappa shape index (κ1) is 10.2. The number of rotatable bonds is 2. The molecule has 0 aliphatic carbocycles. The number of nitrogen functional groups attached to an aromatic ring is 1. The summed E-state index contributed by atoms with van der Waals surface area (Å²) in [5.41, 5.74) is 6.79. The summed E-state index contributed by atoms with van der Waals surface area (Å²) in [6, 6.07) is 0. The minimum absolute atomic E-state index is 0.115. The molecule has 0 saturated carbocycles. The third-order valence-corrected chi connectivity index (χ3v) is 2.58. The SMILES string of the molecule is CCCC1OCCc2nc(N)[nH]c(=O)c21. The van der Waals surface area contributed by atoms with Crippen LogP contribution in [0.5, 0.6) is 0 Å². The lowest BCUT2D eigenvalue weighted by Gasteiger charge is -2.23. The Kier molecular flexibility index (Phi) is 2.73. The van der Waals surface area contributed by atoms with Gasteiger partial charge < -0.3 is 10.5 Å². The van der Waals surface area contributed by atoms with Crippen LogP contribution in [0, 0.1) is 0 Å². The van der Waals surface area contributed by atoms with Gasteiger partial charge in [-0.1, -0.05) is 13.3 Å². The van der Waals surface area contributed by atoms with E-state index in [1.54, 1.807) is 0 Å². The normalized spacial score (nSPS) is 19.9. The summed E-state index contributed by atoms with van der Waals surface area (Å²) in [6.07, 6.45) is 2.38. The van der Waals surface area contributed by atoms with E-state index in [-0.39, 0.29) is 17.6 Å². The highest BCUT2D eigenvalue weighted by Crippen LogP contribution is 2.26. The number of hydrogen-bond donors (Lipinski definition) is 2. The van der Waals surface area contributed by atoms with Crippen molar-refractivity contribution in [2.45, 2.75) is 32.3 Å². The molecule has 0 fully saturated rings. The predicted molar refractivity (Wildman–Crippen MR) is 56.6 cm³/mol. The Morgan fingerprint density at radius 2 is 2.47 bits per heavy atom. The van der Waals surface area contributed by atoms with Gasteiger partial charge in [-0.3, -0.25) is 9.78 Å². The third kappa shape index (κ3) is 1.87. The lowest BCUT2D eigenvalue weighted by Crippen LogP contribution is -2.28. The van der Waals surface area contributed by atoms with Crippen LogP contribution in [0.25, 0.3) is 0 Å². The van der Waals surface area contributed by atoms with Crippen LogP contribution in [0.2, 0.25) is 0 Å². The molecule has 82 valence electrons. The van der Waals surface area contributed by atoms with Gasteiger partial charge in [0, 0.05) is 6.42 Å². The van der Waals surface area contributed by atoms with E-state index in [9.17, 15) is 4.79 Å². The molecule has 3 N–H and O–H groups in total. The van der Waals surface area contributed by atoms with Gasteiger partial charge in [0.2, 0.25) is 5.95 Å². The zero-order chi connectivity index (χ0) is 10.8. The number of anilines is 1. The summed E-state index contributed by atoms with van der Waals surface area (Å²) in [5.74, 6) is 0.191. The van der Waals surface area contributed by atoms with Crippen molar-refractivity contribution in [3.05, 3.63) is 21.6 Å². The topological polar surface area (TPSA) is 81.0 Å². The summed E-state index contributed by atoms with van der Waals surface area (Å²) in [7, 11) is 0. The van der Waals surface area contributed by atoms with Crippen LogP contribution in [0.15, 0.2) is 4.79 Å². The molecule has 0 amide bonds. The summed E-state index contributed by atoms with van der Waals surface area (Å²) in [5, 5.41) is 0. The van der Waals surface area contributed by atoms with Crippen molar-refractivity contribution >= 4 is 5.95 Å². The zero-order valence-electron chi connectivity index (χ0n) is 8.75. The first-order chi connectivity index (χ1) is 7.22. The Hall–Kier alpha value is -1.36. The minimum atomic E-state index is -0.157. The van der Waals surface area contributed by atoms with Crippen molar-refractivity contribution in [2.24, 2.45) is 0 Å². The van der Waals surface area contributed by atoms with E-state index in [2.05, 4.69) is 16.9 Å². The highest BCUT2D eigenvalue weighted by molar-refractivity contribution is 5.28. The van der Waals surface area contributed by atoms with E-state index in [0.717, 1.165) is 18.5 Å². The first-order valence-corrected chi connectivity index (χ1v) is 5.22. The maximum Gasteiger partial charge on any atom is 0.258 e. The van der Waals surface area contributed by atoms with Gasteiger partial charge in [0.15, 0.2) is 0 Å². The van der Waals surface area contributed by atoms with E-state index in [0.29, 0.717) is 18.6 Å². The second-order valence-electron chi connectivity index (χ2n) is 3.71. The van der Waals surface area contributed by atoms with Gasteiger partial charge in [-0.15, -0.1) is 0 Å². The monoisotopic (exact) mass is 209 g/mol. The number of fused-ring (bicyclic) bond motifs is 1. The number of H-pyrrole nitrogens is 1. The number of nitrogens with zero attached hydrogens (tertiary/aromatic N) is 1. The summed E-state index contributed by atoms with van der Waals surface area (Å²) in [4.78, 5) is 18.4.